The number of nitrogens with zero attached hydrogens (tertiary/aromatic N) is 2. The third-order valence-electron chi connectivity index (χ3n) is 4.11. The quantitative estimate of drug-likeness (QED) is 0.549. The standard InChI is InChI=1S/C19H16Cl2N2O2/c20-16-6-4-13(11-17(16)21)18-7-5-15(25-18)10-14(12-22)19(24)23-8-2-1-3-9-23/h4-7,10-11H,1-3,8-9H2/b14-10+. The smallest absolute Gasteiger partial charge is 0.264 e. The fourth-order valence-corrected chi connectivity index (χ4v) is 3.08. The van der Waals surface area contributed by atoms with E-state index >= 15 is 0 Å². The highest BCUT2D eigenvalue weighted by Crippen LogP contribution is 2.30. The molecule has 1 fully saturated rings. The zero-order valence-electron chi connectivity index (χ0n) is 13.5. The van der Waals surface area contributed by atoms with E-state index in [0.717, 1.165) is 24.8 Å². The van der Waals surface area contributed by atoms with Crippen LogP contribution in [-0.2, 0) is 4.79 Å². The highest BCUT2D eigenvalue weighted by molar-refractivity contribution is 6.42. The number of nitriles is 1. The molecule has 128 valence electrons. The van der Waals surface area contributed by atoms with Gasteiger partial charge in [-0.15, -0.1) is 0 Å². The van der Waals surface area contributed by atoms with Gasteiger partial charge in [0.1, 0.15) is 23.2 Å². The second-order valence-electron chi connectivity index (χ2n) is 5.85. The van der Waals surface area contributed by atoms with Crippen molar-refractivity contribution >= 4 is 35.2 Å². The van der Waals surface area contributed by atoms with Crippen LogP contribution in [0.5, 0.6) is 0 Å². The van der Waals surface area contributed by atoms with E-state index in [1.807, 2.05) is 6.07 Å². The van der Waals surface area contributed by atoms with Crippen LogP contribution in [0.4, 0.5) is 0 Å². The molecule has 1 aliphatic rings. The van der Waals surface area contributed by atoms with Gasteiger partial charge in [0.25, 0.3) is 5.91 Å². The lowest BCUT2D eigenvalue weighted by atomic mass is 10.1. The van der Waals surface area contributed by atoms with Gasteiger partial charge in [0, 0.05) is 24.7 Å². The van der Waals surface area contributed by atoms with Gasteiger partial charge in [0.15, 0.2) is 0 Å². The number of halogens is 2. The Labute approximate surface area is 156 Å². The van der Waals surface area contributed by atoms with Crippen LogP contribution < -0.4 is 0 Å². The molecule has 0 atom stereocenters. The molecule has 0 aliphatic carbocycles. The second-order valence-corrected chi connectivity index (χ2v) is 6.67. The van der Waals surface area contributed by atoms with E-state index in [-0.39, 0.29) is 11.5 Å². The van der Waals surface area contributed by atoms with Gasteiger partial charge >= 0.3 is 0 Å². The molecule has 0 spiro atoms. The predicted octanol–water partition coefficient (Wildman–Crippen LogP) is 5.17. The van der Waals surface area contributed by atoms with Crippen molar-refractivity contribution in [2.24, 2.45) is 0 Å². The maximum absolute atomic E-state index is 12.5. The monoisotopic (exact) mass is 374 g/mol. The first-order valence-corrected chi connectivity index (χ1v) is 8.80. The third-order valence-corrected chi connectivity index (χ3v) is 4.85. The van der Waals surface area contributed by atoms with E-state index in [2.05, 4.69) is 0 Å². The maximum atomic E-state index is 12.5. The lowest BCUT2D eigenvalue weighted by molar-refractivity contribution is -0.127. The number of amides is 1. The molecule has 6 heteroatoms. The molecule has 1 amide bonds. The van der Waals surface area contributed by atoms with Gasteiger partial charge in [-0.25, -0.2) is 0 Å². The minimum Gasteiger partial charge on any atom is -0.457 e. The molecule has 1 aromatic carbocycles. The number of hydrogen-bond donors (Lipinski definition) is 0. The fraction of sp³-hybridized carbons (Fsp3) is 0.263. The minimum absolute atomic E-state index is 0.0805. The van der Waals surface area contributed by atoms with E-state index in [1.165, 1.54) is 6.08 Å². The molecule has 1 aliphatic heterocycles. The second kappa shape index (κ2) is 7.77. The molecular weight excluding hydrogens is 359 g/mol. The summed E-state index contributed by atoms with van der Waals surface area (Å²) < 4.78 is 5.73. The molecule has 0 bridgehead atoms. The van der Waals surface area contributed by atoms with E-state index in [9.17, 15) is 10.1 Å². The summed E-state index contributed by atoms with van der Waals surface area (Å²) in [5, 5.41) is 10.2. The van der Waals surface area contributed by atoms with E-state index in [0.29, 0.717) is 34.7 Å². The Morgan fingerprint density at radius 3 is 2.56 bits per heavy atom. The molecular formula is C19H16Cl2N2O2. The highest BCUT2D eigenvalue weighted by atomic mass is 35.5. The average Bonchev–Trinajstić information content (AvgIpc) is 3.11. The van der Waals surface area contributed by atoms with Gasteiger partial charge < -0.3 is 9.32 Å². The maximum Gasteiger partial charge on any atom is 0.264 e. The lowest BCUT2D eigenvalue weighted by Gasteiger charge is -2.26. The molecule has 0 saturated carbocycles. The molecule has 1 aromatic heterocycles. The molecule has 25 heavy (non-hydrogen) atoms. The number of carbonyl (C=O) groups excluding carboxylic acids is 1. The van der Waals surface area contributed by atoms with Crippen molar-refractivity contribution in [3.8, 4) is 17.4 Å². The summed E-state index contributed by atoms with van der Waals surface area (Å²) in [7, 11) is 0. The Kier molecular flexibility index (Phi) is 5.47. The molecule has 0 N–H and O–H groups in total. The van der Waals surface area contributed by atoms with Crippen LogP contribution in [0.2, 0.25) is 10.0 Å². The normalized spacial score (nSPS) is 15.1. The summed E-state index contributed by atoms with van der Waals surface area (Å²) in [5.74, 6) is 0.796. The first-order chi connectivity index (χ1) is 12.1. The molecule has 0 radical (unpaired) electrons. The molecule has 2 heterocycles. The van der Waals surface area contributed by atoms with Crippen LogP contribution >= 0.6 is 23.2 Å². The van der Waals surface area contributed by atoms with Crippen molar-refractivity contribution in [2.45, 2.75) is 19.3 Å². The van der Waals surface area contributed by atoms with E-state index in [4.69, 9.17) is 27.6 Å². The predicted molar refractivity (Wildman–Crippen MR) is 98.2 cm³/mol. The molecule has 4 nitrogen and oxygen atoms in total. The zero-order chi connectivity index (χ0) is 17.8. The fourth-order valence-electron chi connectivity index (χ4n) is 2.79. The van der Waals surface area contributed by atoms with Gasteiger partial charge in [-0.2, -0.15) is 5.26 Å². The van der Waals surface area contributed by atoms with Crippen molar-refractivity contribution in [1.82, 2.24) is 4.90 Å². The number of hydrogen-bond acceptors (Lipinski definition) is 3. The Balaban J connectivity index is 1.82. The van der Waals surface area contributed by atoms with Gasteiger partial charge in [-0.05, 0) is 49.6 Å². The first kappa shape index (κ1) is 17.6. The first-order valence-electron chi connectivity index (χ1n) is 8.05. The van der Waals surface area contributed by atoms with Crippen LogP contribution in [0, 0.1) is 11.3 Å². The summed E-state index contributed by atoms with van der Waals surface area (Å²) in [6.07, 6.45) is 4.57. The summed E-state index contributed by atoms with van der Waals surface area (Å²) in [4.78, 5) is 14.2. The summed E-state index contributed by atoms with van der Waals surface area (Å²) >= 11 is 11.9. The highest BCUT2D eigenvalue weighted by Gasteiger charge is 2.20. The molecule has 1 saturated heterocycles. The summed E-state index contributed by atoms with van der Waals surface area (Å²) in [6, 6.07) is 10.7. The largest absolute Gasteiger partial charge is 0.457 e. The van der Waals surface area contributed by atoms with E-state index in [1.54, 1.807) is 35.2 Å². The van der Waals surface area contributed by atoms with Crippen LogP contribution in [0.15, 0.2) is 40.3 Å². The number of furan rings is 1. The number of likely N-dealkylation sites (tertiary alicyclic amines) is 1. The van der Waals surface area contributed by atoms with Gasteiger partial charge in [0.2, 0.25) is 0 Å². The van der Waals surface area contributed by atoms with Crippen molar-refractivity contribution in [2.75, 3.05) is 13.1 Å². The number of piperidine rings is 1. The third kappa shape index (κ3) is 4.07. The van der Waals surface area contributed by atoms with Crippen molar-refractivity contribution in [3.05, 3.63) is 51.7 Å². The van der Waals surface area contributed by atoms with Crippen molar-refractivity contribution in [1.29, 1.82) is 5.26 Å². The Morgan fingerprint density at radius 2 is 1.88 bits per heavy atom. The van der Waals surface area contributed by atoms with Crippen LogP contribution in [0.1, 0.15) is 25.0 Å². The summed E-state index contributed by atoms with van der Waals surface area (Å²) in [6.45, 7) is 1.40. The topological polar surface area (TPSA) is 57.2 Å². The molecule has 0 unspecified atom stereocenters. The Bertz CT molecular complexity index is 859. The number of benzene rings is 1. The van der Waals surface area contributed by atoms with Gasteiger partial charge in [0.05, 0.1) is 10.0 Å². The minimum atomic E-state index is -0.241. The zero-order valence-corrected chi connectivity index (χ0v) is 15.0. The lowest BCUT2D eigenvalue weighted by Crippen LogP contribution is -2.36. The van der Waals surface area contributed by atoms with Gasteiger partial charge in [-0.1, -0.05) is 23.2 Å². The SMILES string of the molecule is N#C/C(=C\c1ccc(-c2ccc(Cl)c(Cl)c2)o1)C(=O)N1CCCCC1. The van der Waals surface area contributed by atoms with E-state index < -0.39 is 0 Å². The molecule has 3 rings (SSSR count). The molecule has 2 aromatic rings. The van der Waals surface area contributed by atoms with Crippen molar-refractivity contribution in [3.63, 3.8) is 0 Å². The van der Waals surface area contributed by atoms with Crippen LogP contribution in [-0.4, -0.2) is 23.9 Å². The average molecular weight is 375 g/mol. The summed E-state index contributed by atoms with van der Waals surface area (Å²) in [5.41, 5.74) is 0.854. The Morgan fingerprint density at radius 1 is 1.12 bits per heavy atom. The number of rotatable bonds is 3. The Hall–Kier alpha value is -2.22. The van der Waals surface area contributed by atoms with Crippen LogP contribution in [0.3, 0.4) is 0 Å². The van der Waals surface area contributed by atoms with Crippen molar-refractivity contribution < 1.29 is 9.21 Å². The van der Waals surface area contributed by atoms with Gasteiger partial charge in [-0.3, -0.25) is 4.79 Å². The van der Waals surface area contributed by atoms with Crippen LogP contribution in [0.25, 0.3) is 17.4 Å². The number of carbonyl (C=O) groups is 1.